The predicted octanol–water partition coefficient (Wildman–Crippen LogP) is 2.71. The van der Waals surface area contributed by atoms with Crippen LogP contribution in [0.2, 0.25) is 5.02 Å². The van der Waals surface area contributed by atoms with Crippen molar-refractivity contribution >= 4 is 17.6 Å². The molecule has 0 fully saturated rings. The number of aryl methyl sites for hydroxylation is 1. The molecule has 0 amide bonds. The van der Waals surface area contributed by atoms with Gasteiger partial charge in [0.2, 0.25) is 0 Å². The molecule has 2 aromatic rings. The molecule has 17 heavy (non-hydrogen) atoms. The van der Waals surface area contributed by atoms with Gasteiger partial charge in [-0.3, -0.25) is 0 Å². The van der Waals surface area contributed by atoms with E-state index in [-0.39, 0.29) is 27.8 Å². The highest BCUT2D eigenvalue weighted by atomic mass is 35.5. The largest absolute Gasteiger partial charge is 0.506 e. The minimum Gasteiger partial charge on any atom is -0.506 e. The lowest BCUT2D eigenvalue weighted by atomic mass is 10.1. The van der Waals surface area contributed by atoms with Gasteiger partial charge in [0.05, 0.1) is 5.02 Å². The first-order valence-corrected chi connectivity index (χ1v) is 5.07. The van der Waals surface area contributed by atoms with Gasteiger partial charge in [-0.15, -0.1) is 0 Å². The Hall–Kier alpha value is -2.01. The van der Waals surface area contributed by atoms with E-state index in [0.29, 0.717) is 5.56 Å². The first kappa shape index (κ1) is 11.5. The van der Waals surface area contributed by atoms with Crippen molar-refractivity contribution in [1.82, 2.24) is 5.16 Å². The van der Waals surface area contributed by atoms with E-state index in [2.05, 4.69) is 5.16 Å². The van der Waals surface area contributed by atoms with Crippen LogP contribution in [0.15, 0.2) is 22.7 Å². The maximum atomic E-state index is 11.1. The number of hydrogen-bond acceptors (Lipinski definition) is 4. The lowest BCUT2D eigenvalue weighted by Crippen LogP contribution is -1.99. The summed E-state index contributed by atoms with van der Waals surface area (Å²) in [5, 5.41) is 22.2. The van der Waals surface area contributed by atoms with Gasteiger partial charge in [0.1, 0.15) is 22.8 Å². The van der Waals surface area contributed by atoms with Crippen molar-refractivity contribution in [2.24, 2.45) is 0 Å². The highest BCUT2D eigenvalue weighted by Crippen LogP contribution is 2.36. The van der Waals surface area contributed by atoms with Crippen molar-refractivity contribution in [2.75, 3.05) is 0 Å². The van der Waals surface area contributed by atoms with Crippen molar-refractivity contribution in [1.29, 1.82) is 0 Å². The number of aromatic hydroxyl groups is 1. The second-order valence-corrected chi connectivity index (χ2v) is 3.78. The van der Waals surface area contributed by atoms with Crippen molar-refractivity contribution in [2.45, 2.75) is 6.92 Å². The molecular weight excluding hydrogens is 246 g/mol. The van der Waals surface area contributed by atoms with Gasteiger partial charge in [-0.2, -0.15) is 0 Å². The molecule has 1 aromatic carbocycles. The number of hydrogen-bond donors (Lipinski definition) is 2. The summed E-state index contributed by atoms with van der Waals surface area (Å²) in [6.45, 7) is 1.50. The Morgan fingerprint density at radius 3 is 2.82 bits per heavy atom. The van der Waals surface area contributed by atoms with E-state index in [9.17, 15) is 9.90 Å². The van der Waals surface area contributed by atoms with Gasteiger partial charge in [-0.25, -0.2) is 4.79 Å². The topological polar surface area (TPSA) is 83.6 Å². The smallest absolute Gasteiger partial charge is 0.341 e. The third-order valence-electron chi connectivity index (χ3n) is 2.31. The number of aromatic nitrogens is 1. The van der Waals surface area contributed by atoms with E-state index in [0.717, 1.165) is 0 Å². The van der Waals surface area contributed by atoms with Crippen LogP contribution < -0.4 is 0 Å². The summed E-state index contributed by atoms with van der Waals surface area (Å²) in [6, 6.07) is 4.51. The number of nitrogens with zero attached hydrogens (tertiary/aromatic N) is 1. The van der Waals surface area contributed by atoms with Gasteiger partial charge in [0, 0.05) is 5.56 Å². The molecule has 0 aliphatic heterocycles. The Labute approximate surface area is 101 Å². The molecule has 0 bridgehead atoms. The molecule has 0 aliphatic rings. The Kier molecular flexibility index (Phi) is 2.77. The average molecular weight is 254 g/mol. The summed E-state index contributed by atoms with van der Waals surface area (Å²) >= 11 is 5.89. The molecule has 2 N–H and O–H groups in total. The van der Waals surface area contributed by atoms with Crippen molar-refractivity contribution in [3.8, 4) is 17.0 Å². The highest BCUT2D eigenvalue weighted by molar-refractivity contribution is 6.34. The molecule has 6 heteroatoms. The summed E-state index contributed by atoms with van der Waals surface area (Å²) in [7, 11) is 0. The van der Waals surface area contributed by atoms with Gasteiger partial charge < -0.3 is 14.7 Å². The van der Waals surface area contributed by atoms with Crippen molar-refractivity contribution < 1.29 is 19.5 Å². The summed E-state index contributed by atoms with van der Waals surface area (Å²) in [4.78, 5) is 11.1. The van der Waals surface area contributed by atoms with E-state index in [1.54, 1.807) is 12.1 Å². The van der Waals surface area contributed by atoms with Gasteiger partial charge >= 0.3 is 5.97 Å². The number of halogens is 1. The quantitative estimate of drug-likeness (QED) is 0.860. The van der Waals surface area contributed by atoms with E-state index < -0.39 is 5.97 Å². The van der Waals surface area contributed by atoms with Crippen LogP contribution in [0.3, 0.4) is 0 Å². The molecule has 88 valence electrons. The normalized spacial score (nSPS) is 10.5. The molecule has 0 saturated carbocycles. The number of aromatic carboxylic acids is 1. The SMILES string of the molecule is Cc1onc(-c2cccc(O)c2Cl)c1C(=O)O. The molecule has 0 aliphatic carbocycles. The van der Waals surface area contributed by atoms with E-state index >= 15 is 0 Å². The van der Waals surface area contributed by atoms with Crippen LogP contribution >= 0.6 is 11.6 Å². The van der Waals surface area contributed by atoms with E-state index in [1.165, 1.54) is 13.0 Å². The fourth-order valence-electron chi connectivity index (χ4n) is 1.51. The number of phenolic OH excluding ortho intramolecular Hbond substituents is 1. The number of phenols is 1. The predicted molar refractivity (Wildman–Crippen MR) is 60.3 cm³/mol. The molecule has 0 saturated heterocycles. The number of carboxylic acid groups (broad SMARTS) is 1. The molecule has 0 radical (unpaired) electrons. The zero-order chi connectivity index (χ0) is 12.6. The van der Waals surface area contributed by atoms with Crippen LogP contribution in [-0.2, 0) is 0 Å². The minimum absolute atomic E-state index is 0.0447. The van der Waals surface area contributed by atoms with Crippen LogP contribution in [0.25, 0.3) is 11.3 Å². The van der Waals surface area contributed by atoms with Gasteiger partial charge in [-0.1, -0.05) is 28.9 Å². The van der Waals surface area contributed by atoms with Gasteiger partial charge in [0.25, 0.3) is 0 Å². The Morgan fingerprint density at radius 1 is 1.47 bits per heavy atom. The zero-order valence-corrected chi connectivity index (χ0v) is 9.52. The number of rotatable bonds is 2. The molecular formula is C11H8ClNO4. The molecule has 2 rings (SSSR count). The second kappa shape index (κ2) is 4.10. The second-order valence-electron chi connectivity index (χ2n) is 3.41. The van der Waals surface area contributed by atoms with Gasteiger partial charge in [0.15, 0.2) is 0 Å². The lowest BCUT2D eigenvalue weighted by molar-refractivity contribution is 0.0695. The van der Waals surface area contributed by atoms with Crippen molar-refractivity contribution in [3.63, 3.8) is 0 Å². The summed E-state index contributed by atoms with van der Waals surface area (Å²) in [5.74, 6) is -1.11. The lowest BCUT2D eigenvalue weighted by Gasteiger charge is -2.03. The third-order valence-corrected chi connectivity index (χ3v) is 2.71. The first-order chi connectivity index (χ1) is 8.02. The number of benzene rings is 1. The van der Waals surface area contributed by atoms with Crippen LogP contribution in [0.5, 0.6) is 5.75 Å². The summed E-state index contributed by atoms with van der Waals surface area (Å²) in [6.07, 6.45) is 0. The Balaban J connectivity index is 2.69. The monoisotopic (exact) mass is 253 g/mol. The zero-order valence-electron chi connectivity index (χ0n) is 8.77. The summed E-state index contributed by atoms with van der Waals surface area (Å²) in [5.41, 5.74) is 0.370. The van der Waals surface area contributed by atoms with Gasteiger partial charge in [-0.05, 0) is 13.0 Å². The first-order valence-electron chi connectivity index (χ1n) is 4.69. The highest BCUT2D eigenvalue weighted by Gasteiger charge is 2.23. The summed E-state index contributed by atoms with van der Waals surface area (Å²) < 4.78 is 4.84. The average Bonchev–Trinajstić information content (AvgIpc) is 2.64. The molecule has 1 heterocycles. The maximum Gasteiger partial charge on any atom is 0.341 e. The van der Waals surface area contributed by atoms with Crippen molar-refractivity contribution in [3.05, 3.63) is 34.5 Å². The van der Waals surface area contributed by atoms with E-state index in [4.69, 9.17) is 21.2 Å². The Morgan fingerprint density at radius 2 is 2.18 bits per heavy atom. The van der Waals surface area contributed by atoms with E-state index in [1.807, 2.05) is 0 Å². The molecule has 5 nitrogen and oxygen atoms in total. The van der Waals surface area contributed by atoms with Crippen LogP contribution in [0.4, 0.5) is 0 Å². The molecule has 0 atom stereocenters. The standard InChI is InChI=1S/C11H8ClNO4/c1-5-8(11(15)16)10(13-17-5)6-3-2-4-7(14)9(6)12/h2-4,14H,1H3,(H,15,16). The third kappa shape index (κ3) is 1.85. The van der Waals surface area contributed by atoms with Crippen LogP contribution in [0, 0.1) is 6.92 Å². The Bertz CT molecular complexity index is 591. The fraction of sp³-hybridized carbons (Fsp3) is 0.0909. The number of carbonyl (C=O) groups is 1. The fourth-order valence-corrected chi connectivity index (χ4v) is 1.73. The molecule has 0 unspecified atom stereocenters. The molecule has 0 spiro atoms. The van der Waals surface area contributed by atoms with Crippen LogP contribution in [-0.4, -0.2) is 21.3 Å². The maximum absolute atomic E-state index is 11.1. The molecule has 1 aromatic heterocycles. The minimum atomic E-state index is -1.15. The van der Waals surface area contributed by atoms with Crippen LogP contribution in [0.1, 0.15) is 16.1 Å². The number of carboxylic acids is 1.